The third kappa shape index (κ3) is 2.63. The molecule has 98 valence electrons. The Morgan fingerprint density at radius 2 is 2.16 bits per heavy atom. The van der Waals surface area contributed by atoms with Gasteiger partial charge in [0.1, 0.15) is 0 Å². The SMILES string of the molecule is Nc1ccc(N2NCC(c3ccccn3)NN2)nc1. The highest BCUT2D eigenvalue weighted by molar-refractivity contribution is 5.44. The molecule has 3 rings (SSSR count). The van der Waals surface area contributed by atoms with Crippen LogP contribution in [0.5, 0.6) is 0 Å². The van der Waals surface area contributed by atoms with Crippen molar-refractivity contribution in [1.29, 1.82) is 0 Å². The van der Waals surface area contributed by atoms with E-state index >= 15 is 0 Å². The van der Waals surface area contributed by atoms with Gasteiger partial charge in [-0.3, -0.25) is 4.98 Å². The summed E-state index contributed by atoms with van der Waals surface area (Å²) in [5.74, 6) is 0.737. The molecule has 1 aliphatic rings. The Balaban J connectivity index is 1.65. The summed E-state index contributed by atoms with van der Waals surface area (Å²) in [5, 5.41) is 1.71. The second-order valence-electron chi connectivity index (χ2n) is 4.21. The first-order valence-corrected chi connectivity index (χ1v) is 6.00. The molecule has 1 aliphatic heterocycles. The summed E-state index contributed by atoms with van der Waals surface area (Å²) in [5.41, 5.74) is 16.7. The van der Waals surface area contributed by atoms with Crippen molar-refractivity contribution < 1.29 is 0 Å². The number of pyridine rings is 2. The summed E-state index contributed by atoms with van der Waals surface area (Å²) in [4.78, 5) is 8.54. The van der Waals surface area contributed by atoms with Gasteiger partial charge in [-0.15, -0.1) is 0 Å². The fourth-order valence-electron chi connectivity index (χ4n) is 1.84. The quantitative estimate of drug-likeness (QED) is 0.608. The van der Waals surface area contributed by atoms with Gasteiger partial charge < -0.3 is 5.73 Å². The Kier molecular flexibility index (Phi) is 3.23. The van der Waals surface area contributed by atoms with Crippen molar-refractivity contribution in [3.05, 3.63) is 48.4 Å². The number of hydrazine groups is 3. The van der Waals surface area contributed by atoms with Crippen molar-refractivity contribution in [3.63, 3.8) is 0 Å². The van der Waals surface area contributed by atoms with Gasteiger partial charge in [0.25, 0.3) is 0 Å². The third-order valence-electron chi connectivity index (χ3n) is 2.85. The van der Waals surface area contributed by atoms with Crippen LogP contribution in [-0.4, -0.2) is 16.5 Å². The number of aromatic nitrogens is 2. The Morgan fingerprint density at radius 1 is 1.21 bits per heavy atom. The zero-order chi connectivity index (χ0) is 13.1. The van der Waals surface area contributed by atoms with Crippen molar-refractivity contribution in [2.75, 3.05) is 17.4 Å². The summed E-state index contributed by atoms with van der Waals surface area (Å²) in [6, 6.07) is 9.59. The molecule has 7 heteroatoms. The van der Waals surface area contributed by atoms with E-state index in [1.54, 1.807) is 23.6 Å². The molecule has 5 N–H and O–H groups in total. The predicted molar refractivity (Wildman–Crippen MR) is 72.4 cm³/mol. The maximum absolute atomic E-state index is 5.61. The second kappa shape index (κ2) is 5.19. The van der Waals surface area contributed by atoms with Gasteiger partial charge in [-0.05, 0) is 24.3 Å². The maximum atomic E-state index is 5.61. The first-order valence-electron chi connectivity index (χ1n) is 6.00. The topological polar surface area (TPSA) is 91.1 Å². The highest BCUT2D eigenvalue weighted by Gasteiger charge is 2.20. The standard InChI is InChI=1S/C12H15N7/c13-9-4-5-12(15-7-9)19-16-8-11(17-18-19)10-3-1-2-6-14-10/h1-7,11,16-18H,8,13H2. The van der Waals surface area contributed by atoms with Crippen LogP contribution < -0.4 is 27.2 Å². The largest absolute Gasteiger partial charge is 0.397 e. The van der Waals surface area contributed by atoms with Crippen molar-refractivity contribution in [2.24, 2.45) is 0 Å². The van der Waals surface area contributed by atoms with Gasteiger partial charge in [0.15, 0.2) is 5.82 Å². The lowest BCUT2D eigenvalue weighted by Crippen LogP contribution is -2.63. The van der Waals surface area contributed by atoms with Gasteiger partial charge in [0.05, 0.1) is 23.6 Å². The predicted octanol–water partition coefficient (Wildman–Crippen LogP) is 0.134. The van der Waals surface area contributed by atoms with Crippen molar-refractivity contribution in [1.82, 2.24) is 26.4 Å². The first-order chi connectivity index (χ1) is 9.33. The highest BCUT2D eigenvalue weighted by Crippen LogP contribution is 2.13. The van der Waals surface area contributed by atoms with Crippen LogP contribution in [0.1, 0.15) is 11.7 Å². The lowest BCUT2D eigenvalue weighted by Gasteiger charge is -2.34. The molecule has 2 aromatic heterocycles. The van der Waals surface area contributed by atoms with E-state index in [1.165, 1.54) is 0 Å². The van der Waals surface area contributed by atoms with Crippen LogP contribution in [0, 0.1) is 0 Å². The van der Waals surface area contributed by atoms with Crippen LogP contribution in [0.3, 0.4) is 0 Å². The number of nitrogens with zero attached hydrogens (tertiary/aromatic N) is 3. The van der Waals surface area contributed by atoms with Gasteiger partial charge in [-0.2, -0.15) is 5.53 Å². The van der Waals surface area contributed by atoms with Crippen LogP contribution in [0.15, 0.2) is 42.7 Å². The number of nitrogens with one attached hydrogen (secondary N) is 3. The molecule has 0 radical (unpaired) electrons. The van der Waals surface area contributed by atoms with Gasteiger partial charge in [-0.25, -0.2) is 21.0 Å². The maximum Gasteiger partial charge on any atom is 0.160 e. The van der Waals surface area contributed by atoms with Gasteiger partial charge >= 0.3 is 0 Å². The van der Waals surface area contributed by atoms with E-state index in [1.807, 2.05) is 24.3 Å². The fourth-order valence-corrected chi connectivity index (χ4v) is 1.84. The lowest BCUT2D eigenvalue weighted by atomic mass is 10.2. The number of hydrogen-bond acceptors (Lipinski definition) is 7. The Bertz CT molecular complexity index is 520. The zero-order valence-corrected chi connectivity index (χ0v) is 10.2. The van der Waals surface area contributed by atoms with E-state index in [9.17, 15) is 0 Å². The molecular formula is C12H15N7. The summed E-state index contributed by atoms with van der Waals surface area (Å²) in [6.45, 7) is 0.704. The molecule has 2 aromatic rings. The average Bonchev–Trinajstić information content (AvgIpc) is 2.49. The van der Waals surface area contributed by atoms with Crippen molar-refractivity contribution >= 4 is 11.5 Å². The minimum Gasteiger partial charge on any atom is -0.397 e. The molecule has 1 unspecified atom stereocenters. The van der Waals surface area contributed by atoms with E-state index in [0.29, 0.717) is 12.2 Å². The molecular weight excluding hydrogens is 242 g/mol. The summed E-state index contributed by atoms with van der Waals surface area (Å²) < 4.78 is 0. The van der Waals surface area contributed by atoms with E-state index in [0.717, 1.165) is 11.5 Å². The fraction of sp³-hybridized carbons (Fsp3) is 0.167. The molecule has 7 nitrogen and oxygen atoms in total. The van der Waals surface area contributed by atoms with Crippen molar-refractivity contribution in [3.8, 4) is 0 Å². The van der Waals surface area contributed by atoms with Crippen molar-refractivity contribution in [2.45, 2.75) is 6.04 Å². The van der Waals surface area contributed by atoms with E-state index in [2.05, 4.69) is 26.4 Å². The van der Waals surface area contributed by atoms with Gasteiger partial charge in [-0.1, -0.05) is 6.07 Å². The number of rotatable bonds is 2. The minimum absolute atomic E-state index is 0.103. The van der Waals surface area contributed by atoms with Crippen LogP contribution in [-0.2, 0) is 0 Å². The monoisotopic (exact) mass is 257 g/mol. The third-order valence-corrected chi connectivity index (χ3v) is 2.85. The molecule has 0 amide bonds. The highest BCUT2D eigenvalue weighted by atomic mass is 15.9. The Labute approximate surface area is 110 Å². The number of anilines is 2. The minimum atomic E-state index is 0.103. The lowest BCUT2D eigenvalue weighted by molar-refractivity contribution is 0.306. The van der Waals surface area contributed by atoms with Crippen LogP contribution >= 0.6 is 0 Å². The molecule has 1 fully saturated rings. The van der Waals surface area contributed by atoms with Crippen LogP contribution in [0.2, 0.25) is 0 Å². The van der Waals surface area contributed by atoms with Gasteiger partial charge in [0, 0.05) is 12.7 Å². The van der Waals surface area contributed by atoms with Gasteiger partial charge in [0.2, 0.25) is 0 Å². The molecule has 0 aromatic carbocycles. The molecule has 0 aliphatic carbocycles. The molecule has 1 atom stereocenters. The first kappa shape index (κ1) is 11.8. The molecule has 0 saturated carbocycles. The average molecular weight is 257 g/mol. The zero-order valence-electron chi connectivity index (χ0n) is 10.2. The molecule has 1 saturated heterocycles. The summed E-state index contributed by atoms with van der Waals surface area (Å²) >= 11 is 0. The molecule has 19 heavy (non-hydrogen) atoms. The number of nitrogen functional groups attached to an aromatic ring is 1. The Hall–Kier alpha value is -2.22. The van der Waals surface area contributed by atoms with E-state index in [-0.39, 0.29) is 6.04 Å². The molecule has 0 spiro atoms. The Morgan fingerprint density at radius 3 is 2.79 bits per heavy atom. The smallest absolute Gasteiger partial charge is 0.160 e. The second-order valence-corrected chi connectivity index (χ2v) is 4.21. The number of hydrogen-bond donors (Lipinski definition) is 4. The molecule has 0 bridgehead atoms. The van der Waals surface area contributed by atoms with Crippen LogP contribution in [0.4, 0.5) is 11.5 Å². The van der Waals surface area contributed by atoms with Crippen LogP contribution in [0.25, 0.3) is 0 Å². The van der Waals surface area contributed by atoms with E-state index < -0.39 is 0 Å². The molecule has 3 heterocycles. The number of nitrogens with two attached hydrogens (primary N) is 1. The summed E-state index contributed by atoms with van der Waals surface area (Å²) in [6.07, 6.45) is 3.40. The normalized spacial score (nSPS) is 19.4. The summed E-state index contributed by atoms with van der Waals surface area (Å²) in [7, 11) is 0. The van der Waals surface area contributed by atoms with E-state index in [4.69, 9.17) is 5.73 Å².